The summed E-state index contributed by atoms with van der Waals surface area (Å²) in [6, 6.07) is 14.0. The fourth-order valence-corrected chi connectivity index (χ4v) is 9.27. The molecule has 1 fully saturated rings. The Morgan fingerprint density at radius 2 is 1.19 bits per heavy atom. The van der Waals surface area contributed by atoms with Crippen LogP contribution in [0.5, 0.6) is 11.5 Å². The molecule has 3 rings (SSSR count). The van der Waals surface area contributed by atoms with Crippen LogP contribution in [0.25, 0.3) is 0 Å². The van der Waals surface area contributed by atoms with E-state index in [1.54, 1.807) is 36.4 Å². The van der Waals surface area contributed by atoms with Gasteiger partial charge in [-0.1, -0.05) is 201 Å². The minimum absolute atomic E-state index is 0.0446. The van der Waals surface area contributed by atoms with Crippen LogP contribution in [0.3, 0.4) is 0 Å². The lowest BCUT2D eigenvalue weighted by atomic mass is 9.97. The molecule has 1 aliphatic heterocycles. The van der Waals surface area contributed by atoms with Crippen molar-refractivity contribution < 1.29 is 61.0 Å². The maximum absolute atomic E-state index is 15.0. The standard InChI is InChI=1S/C49H74Cl3FNO12P/c1-3-5-7-9-11-13-14-16-18-20-28-34-42(55)61-40(33-23-19-17-15-12-10-8-6-4-2)35-43(56)63-46-44(54-48(58)60-37-49(50,51)52)47(57)62-41(36-53)45(46)66-67(59,64-38-29-24-21-25-30-38)65-39-31-26-22-27-32-39/h21-22,24-27,29-32,40-41,44-47,57H,3-20,23,28,33-37H2,1-2H3,(H,54,58)/t40-,41-,44-,45-,46-,47?/m1/s1. The van der Waals surface area contributed by atoms with E-state index in [2.05, 4.69) is 19.2 Å². The molecule has 1 saturated heterocycles. The van der Waals surface area contributed by atoms with Gasteiger partial charge in [0.15, 0.2) is 12.4 Å². The van der Waals surface area contributed by atoms with Crippen molar-refractivity contribution in [3.63, 3.8) is 0 Å². The van der Waals surface area contributed by atoms with Crippen molar-refractivity contribution in [2.24, 2.45) is 0 Å². The van der Waals surface area contributed by atoms with E-state index in [0.717, 1.165) is 44.9 Å². The minimum Gasteiger partial charge on any atom is -0.462 e. The number of benzene rings is 2. The lowest BCUT2D eigenvalue weighted by Crippen LogP contribution is -2.65. The maximum atomic E-state index is 15.0. The van der Waals surface area contributed by atoms with E-state index in [1.807, 2.05) is 0 Å². The third-order valence-electron chi connectivity index (χ3n) is 11.2. The number of aliphatic hydroxyl groups is 1. The lowest BCUT2D eigenvalue weighted by Gasteiger charge is -2.43. The number of para-hydroxylation sites is 2. The second kappa shape index (κ2) is 33.7. The third kappa shape index (κ3) is 25.5. The van der Waals surface area contributed by atoms with Crippen LogP contribution in [0.4, 0.5) is 9.18 Å². The maximum Gasteiger partial charge on any atom is 0.588 e. The van der Waals surface area contributed by atoms with Gasteiger partial charge in [-0.3, -0.25) is 14.1 Å². The number of alkyl halides is 4. The number of hydrogen-bond acceptors (Lipinski definition) is 12. The topological polar surface area (TPSA) is 165 Å². The van der Waals surface area contributed by atoms with E-state index in [9.17, 15) is 28.4 Å². The number of aliphatic hydroxyl groups excluding tert-OH is 1. The molecule has 0 spiro atoms. The fraction of sp³-hybridized carbons (Fsp3) is 0.694. The molecule has 0 aliphatic carbocycles. The molecule has 2 aromatic rings. The number of phosphoric acid groups is 1. The molecule has 67 heavy (non-hydrogen) atoms. The van der Waals surface area contributed by atoms with E-state index in [0.29, 0.717) is 19.3 Å². The quantitative estimate of drug-likeness (QED) is 0.0221. The van der Waals surface area contributed by atoms with Crippen molar-refractivity contribution in [2.75, 3.05) is 13.3 Å². The summed E-state index contributed by atoms with van der Waals surface area (Å²) in [7, 11) is -4.87. The summed E-state index contributed by atoms with van der Waals surface area (Å²) in [6.07, 6.45) is 12.3. The summed E-state index contributed by atoms with van der Waals surface area (Å²) in [5.74, 6) is -1.32. The Morgan fingerprint density at radius 3 is 1.67 bits per heavy atom. The average Bonchev–Trinajstić information content (AvgIpc) is 3.29. The highest BCUT2D eigenvalue weighted by Crippen LogP contribution is 2.52. The molecule has 1 aliphatic rings. The van der Waals surface area contributed by atoms with Crippen LogP contribution < -0.4 is 14.4 Å². The van der Waals surface area contributed by atoms with Crippen LogP contribution in [0.2, 0.25) is 0 Å². The summed E-state index contributed by atoms with van der Waals surface area (Å²) < 4.78 is 67.5. The normalized spacial score (nSPS) is 19.0. The van der Waals surface area contributed by atoms with Crippen LogP contribution in [-0.2, 0) is 37.6 Å². The first kappa shape index (κ1) is 58.5. The number of carbonyl (C=O) groups excluding carboxylic acids is 3. The van der Waals surface area contributed by atoms with Crippen LogP contribution in [0.15, 0.2) is 60.7 Å². The highest BCUT2D eigenvalue weighted by molar-refractivity contribution is 7.49. The van der Waals surface area contributed by atoms with Gasteiger partial charge in [-0.25, -0.2) is 13.8 Å². The molecule has 2 N–H and O–H groups in total. The number of carbonyl (C=O) groups is 3. The number of esters is 2. The van der Waals surface area contributed by atoms with Gasteiger partial charge in [0.2, 0.25) is 3.79 Å². The van der Waals surface area contributed by atoms with Crippen molar-refractivity contribution in [3.05, 3.63) is 60.7 Å². The lowest BCUT2D eigenvalue weighted by molar-refractivity contribution is -0.251. The molecular weight excluding hydrogens is 951 g/mol. The minimum atomic E-state index is -4.87. The predicted molar refractivity (Wildman–Crippen MR) is 259 cm³/mol. The second-order valence-electron chi connectivity index (χ2n) is 17.1. The smallest absolute Gasteiger partial charge is 0.462 e. The van der Waals surface area contributed by atoms with E-state index in [-0.39, 0.29) is 17.9 Å². The Kier molecular flexibility index (Phi) is 29.4. The van der Waals surface area contributed by atoms with Crippen molar-refractivity contribution in [1.29, 1.82) is 0 Å². The van der Waals surface area contributed by atoms with E-state index in [1.165, 1.54) is 94.9 Å². The van der Waals surface area contributed by atoms with Crippen LogP contribution in [0, 0.1) is 0 Å². The van der Waals surface area contributed by atoms with Crippen LogP contribution in [-0.4, -0.2) is 77.0 Å². The van der Waals surface area contributed by atoms with Gasteiger partial charge in [-0.05, 0) is 43.5 Å². The highest BCUT2D eigenvalue weighted by Gasteiger charge is 2.53. The largest absolute Gasteiger partial charge is 0.588 e. The summed E-state index contributed by atoms with van der Waals surface area (Å²) in [6.45, 7) is 2.32. The van der Waals surface area contributed by atoms with E-state index >= 15 is 0 Å². The third-order valence-corrected chi connectivity index (χ3v) is 12.9. The summed E-state index contributed by atoms with van der Waals surface area (Å²) in [5, 5.41) is 13.5. The Bertz CT molecular complexity index is 1650. The van der Waals surface area contributed by atoms with Gasteiger partial charge in [0, 0.05) is 6.42 Å². The van der Waals surface area contributed by atoms with Crippen molar-refractivity contribution in [2.45, 2.75) is 202 Å². The van der Waals surface area contributed by atoms with Crippen molar-refractivity contribution in [3.8, 4) is 11.5 Å². The first-order valence-corrected chi connectivity index (χ1v) is 26.9. The number of amides is 1. The molecule has 6 atom stereocenters. The number of halogens is 4. The average molecular weight is 1030 g/mol. The van der Waals surface area contributed by atoms with Crippen molar-refractivity contribution >= 4 is 60.7 Å². The Balaban J connectivity index is 1.82. The molecule has 0 bridgehead atoms. The Hall–Kier alpha value is -2.84. The second-order valence-corrected chi connectivity index (χ2v) is 21.1. The monoisotopic (exact) mass is 1020 g/mol. The number of alkyl carbamates (subject to hydrolysis) is 1. The first-order chi connectivity index (χ1) is 32.3. The predicted octanol–water partition coefficient (Wildman–Crippen LogP) is 13.6. The number of rotatable bonds is 35. The molecule has 1 amide bonds. The zero-order chi connectivity index (χ0) is 48.8. The molecule has 1 unspecified atom stereocenters. The van der Waals surface area contributed by atoms with Gasteiger partial charge >= 0.3 is 25.9 Å². The number of hydrogen-bond donors (Lipinski definition) is 2. The molecule has 0 saturated carbocycles. The highest BCUT2D eigenvalue weighted by atomic mass is 35.6. The molecule has 0 radical (unpaired) electrons. The molecule has 380 valence electrons. The number of phosphoric ester groups is 1. The van der Waals surface area contributed by atoms with Crippen molar-refractivity contribution in [1.82, 2.24) is 5.32 Å². The fourth-order valence-electron chi connectivity index (χ4n) is 7.67. The zero-order valence-corrected chi connectivity index (χ0v) is 42.5. The van der Waals surface area contributed by atoms with Gasteiger partial charge in [0.05, 0.1) is 6.42 Å². The molecule has 0 aromatic heterocycles. The first-order valence-electron chi connectivity index (χ1n) is 24.3. The SMILES string of the molecule is CCCCCCCCCCCCCC(=O)O[C@H](CCCCCCCCCCC)CC(=O)O[C@H]1[C@H](OP(=O)(Oc2ccccc2)Oc2ccccc2)[C@@H](CF)OC(O)[C@@H]1NC(=O)OCC(Cl)(Cl)Cl. The molecule has 1 heterocycles. The Morgan fingerprint density at radius 1 is 0.716 bits per heavy atom. The van der Waals surface area contributed by atoms with Gasteiger partial charge in [-0.15, -0.1) is 0 Å². The molecule has 18 heteroatoms. The van der Waals surface area contributed by atoms with Gasteiger partial charge < -0.3 is 38.4 Å². The molecule has 2 aromatic carbocycles. The van der Waals surface area contributed by atoms with Crippen LogP contribution in [0.1, 0.15) is 162 Å². The summed E-state index contributed by atoms with van der Waals surface area (Å²) in [5.41, 5.74) is 0. The van der Waals surface area contributed by atoms with E-state index < -0.39 is 86.1 Å². The van der Waals surface area contributed by atoms with Gasteiger partial charge in [0.25, 0.3) is 0 Å². The zero-order valence-electron chi connectivity index (χ0n) is 39.3. The van der Waals surface area contributed by atoms with Gasteiger partial charge in [-0.2, -0.15) is 0 Å². The Labute approximate surface area is 412 Å². The summed E-state index contributed by atoms with van der Waals surface area (Å²) >= 11 is 17.3. The number of ether oxygens (including phenoxy) is 4. The number of unbranched alkanes of at least 4 members (excludes halogenated alkanes) is 18. The molecular formula is C49H74Cl3FNO12P. The van der Waals surface area contributed by atoms with Gasteiger partial charge in [0.1, 0.15) is 49.1 Å². The molecule has 13 nitrogen and oxygen atoms in total. The summed E-state index contributed by atoms with van der Waals surface area (Å²) in [4.78, 5) is 40.4. The van der Waals surface area contributed by atoms with Crippen LogP contribution >= 0.6 is 42.6 Å². The number of nitrogens with one attached hydrogen (secondary N) is 1. The van der Waals surface area contributed by atoms with E-state index in [4.69, 9.17) is 67.3 Å².